The van der Waals surface area contributed by atoms with Crippen LogP contribution in [-0.4, -0.2) is 15.0 Å². The number of para-hydroxylation sites is 1. The van der Waals surface area contributed by atoms with Crippen molar-refractivity contribution in [3.8, 4) is 67.5 Å². The highest BCUT2D eigenvalue weighted by Gasteiger charge is 2.16. The van der Waals surface area contributed by atoms with E-state index >= 15 is 0 Å². The second-order valence-corrected chi connectivity index (χ2v) is 15.3. The standard InChI is InChI=1S/C57H35N3O/c1-2-12-40-32-42(27-24-36(40)10-1)37-22-25-39(26-23-37)55-58-56(60-57(59-55)50-19-8-13-38-11-3-4-16-48(38)50)47-15-7-14-41(35-47)43-28-29-45-34-46(31-30-44(45)33-43)49-18-9-21-53-54(49)51-17-5-6-20-52(51)61-53/h1-35H/i22D,23D,25D,26D. The summed E-state index contributed by atoms with van der Waals surface area (Å²) in [5.74, 6) is 0.774. The van der Waals surface area contributed by atoms with E-state index in [1.807, 2.05) is 133 Å². The highest BCUT2D eigenvalue weighted by molar-refractivity contribution is 6.13. The van der Waals surface area contributed by atoms with E-state index in [2.05, 4.69) is 54.6 Å². The Hall–Kier alpha value is -8.21. The average molecular weight is 782 g/mol. The quantitative estimate of drug-likeness (QED) is 0.169. The largest absolute Gasteiger partial charge is 0.456 e. The van der Waals surface area contributed by atoms with Crippen molar-refractivity contribution >= 4 is 54.3 Å². The van der Waals surface area contributed by atoms with Crippen LogP contribution in [-0.2, 0) is 0 Å². The van der Waals surface area contributed by atoms with E-state index in [1.54, 1.807) is 0 Å². The number of fused-ring (bicyclic) bond motifs is 6. The SMILES string of the molecule is [2H]c1c([2H])c(-c2nc(-c3cccc(-c4ccc5cc(-c6cccc7oc8ccccc8c67)ccc5c4)c3)nc(-c3cccc4ccccc34)n2)c([2H])c([2H])c1-c1ccc2ccccc2c1. The lowest BCUT2D eigenvalue weighted by Crippen LogP contribution is -2.00. The Labute approximate surface area is 357 Å². The molecule has 0 bridgehead atoms. The van der Waals surface area contributed by atoms with Crippen molar-refractivity contribution in [2.45, 2.75) is 0 Å². The molecular weight excluding hydrogens is 743 g/mol. The molecule has 0 aliphatic rings. The molecule has 0 atom stereocenters. The third-order valence-electron chi connectivity index (χ3n) is 11.6. The first-order chi connectivity index (χ1) is 31.9. The van der Waals surface area contributed by atoms with Crippen LogP contribution in [0.2, 0.25) is 0 Å². The monoisotopic (exact) mass is 781 g/mol. The topological polar surface area (TPSA) is 51.8 Å². The van der Waals surface area contributed by atoms with Gasteiger partial charge in [0, 0.05) is 27.5 Å². The second-order valence-electron chi connectivity index (χ2n) is 15.3. The van der Waals surface area contributed by atoms with Crippen LogP contribution in [0.15, 0.2) is 217 Å². The predicted octanol–water partition coefficient (Wildman–Crippen LogP) is 15.2. The lowest BCUT2D eigenvalue weighted by Gasteiger charge is -2.12. The third kappa shape index (κ3) is 6.21. The molecule has 284 valence electrons. The zero-order valence-corrected chi connectivity index (χ0v) is 32.6. The highest BCUT2D eigenvalue weighted by atomic mass is 16.3. The van der Waals surface area contributed by atoms with E-state index in [9.17, 15) is 5.48 Å². The summed E-state index contributed by atoms with van der Waals surface area (Å²) in [6.07, 6.45) is 0. The number of benzene rings is 10. The van der Waals surface area contributed by atoms with Gasteiger partial charge in [0.15, 0.2) is 17.5 Å². The van der Waals surface area contributed by atoms with Crippen LogP contribution >= 0.6 is 0 Å². The van der Waals surface area contributed by atoms with Gasteiger partial charge in [-0.05, 0) is 102 Å². The Kier molecular flexibility index (Phi) is 7.20. The molecule has 2 aromatic heterocycles. The van der Waals surface area contributed by atoms with Crippen molar-refractivity contribution in [1.29, 1.82) is 0 Å². The summed E-state index contributed by atoms with van der Waals surface area (Å²) < 4.78 is 43.4. The summed E-state index contributed by atoms with van der Waals surface area (Å²) in [5.41, 5.74) is 8.27. The second kappa shape index (κ2) is 14.3. The van der Waals surface area contributed by atoms with Gasteiger partial charge in [0.1, 0.15) is 11.2 Å². The molecular formula is C57H35N3O. The van der Waals surface area contributed by atoms with Crippen molar-refractivity contribution in [2.75, 3.05) is 0 Å². The van der Waals surface area contributed by atoms with Gasteiger partial charge in [-0.25, -0.2) is 15.0 Å². The van der Waals surface area contributed by atoms with Gasteiger partial charge in [-0.3, -0.25) is 0 Å². The minimum Gasteiger partial charge on any atom is -0.456 e. The Morgan fingerprint density at radius 1 is 0.311 bits per heavy atom. The Balaban J connectivity index is 0.971. The molecule has 10 aromatic carbocycles. The van der Waals surface area contributed by atoms with E-state index < -0.39 is 0 Å². The summed E-state index contributed by atoms with van der Waals surface area (Å²) in [5, 5.41) is 8.33. The molecule has 0 radical (unpaired) electrons. The molecule has 2 heterocycles. The van der Waals surface area contributed by atoms with Gasteiger partial charge in [-0.15, -0.1) is 0 Å². The zero-order valence-electron chi connectivity index (χ0n) is 36.6. The van der Waals surface area contributed by atoms with Gasteiger partial charge < -0.3 is 4.42 Å². The smallest absolute Gasteiger partial charge is 0.164 e. The highest BCUT2D eigenvalue weighted by Crippen LogP contribution is 2.39. The number of hydrogen-bond donors (Lipinski definition) is 0. The van der Waals surface area contributed by atoms with E-state index in [-0.39, 0.29) is 41.1 Å². The van der Waals surface area contributed by atoms with Crippen LogP contribution in [0.25, 0.3) is 122 Å². The maximum atomic E-state index is 9.34. The van der Waals surface area contributed by atoms with Gasteiger partial charge >= 0.3 is 0 Å². The lowest BCUT2D eigenvalue weighted by atomic mass is 9.95. The fourth-order valence-corrected chi connectivity index (χ4v) is 8.52. The number of hydrogen-bond acceptors (Lipinski definition) is 4. The molecule has 4 heteroatoms. The molecule has 12 rings (SSSR count). The van der Waals surface area contributed by atoms with E-state index in [0.29, 0.717) is 22.8 Å². The third-order valence-corrected chi connectivity index (χ3v) is 11.6. The van der Waals surface area contributed by atoms with Crippen LogP contribution in [0.3, 0.4) is 0 Å². The van der Waals surface area contributed by atoms with Crippen LogP contribution in [0, 0.1) is 0 Å². The average Bonchev–Trinajstić information content (AvgIpc) is 3.74. The normalized spacial score (nSPS) is 12.5. The molecule has 0 saturated carbocycles. The van der Waals surface area contributed by atoms with Crippen LogP contribution in [0.4, 0.5) is 0 Å². The molecule has 61 heavy (non-hydrogen) atoms. The summed E-state index contributed by atoms with van der Waals surface area (Å²) in [6, 6.07) is 62.2. The molecule has 12 aromatic rings. The van der Waals surface area contributed by atoms with Gasteiger partial charge in [0.05, 0.1) is 5.48 Å². The minimum absolute atomic E-state index is 0.0110. The number of furan rings is 1. The minimum atomic E-state index is -0.224. The molecule has 0 aliphatic heterocycles. The molecule has 0 amide bonds. The van der Waals surface area contributed by atoms with Crippen LogP contribution in [0.1, 0.15) is 5.48 Å². The Bertz CT molecular complexity index is 3880. The first kappa shape index (κ1) is 30.8. The summed E-state index contributed by atoms with van der Waals surface area (Å²) in [6.45, 7) is 0. The lowest BCUT2D eigenvalue weighted by molar-refractivity contribution is 0.669. The molecule has 0 N–H and O–H groups in total. The number of rotatable bonds is 6. The maximum Gasteiger partial charge on any atom is 0.164 e. The van der Waals surface area contributed by atoms with E-state index in [4.69, 9.17) is 19.4 Å². The molecule has 0 spiro atoms. The summed E-state index contributed by atoms with van der Waals surface area (Å²) >= 11 is 0. The van der Waals surface area contributed by atoms with Crippen molar-refractivity contribution in [2.24, 2.45) is 0 Å². The molecule has 0 unspecified atom stereocenters. The number of nitrogens with zero attached hydrogens (tertiary/aromatic N) is 3. The van der Waals surface area contributed by atoms with Crippen molar-refractivity contribution in [3.05, 3.63) is 212 Å². The molecule has 0 fully saturated rings. The van der Waals surface area contributed by atoms with E-state index in [0.717, 1.165) is 82.1 Å². The zero-order chi connectivity index (χ0) is 43.8. The number of aromatic nitrogens is 3. The summed E-state index contributed by atoms with van der Waals surface area (Å²) in [4.78, 5) is 14.9. The van der Waals surface area contributed by atoms with Crippen molar-refractivity contribution < 1.29 is 9.90 Å². The molecule has 4 nitrogen and oxygen atoms in total. The van der Waals surface area contributed by atoms with Crippen molar-refractivity contribution in [3.63, 3.8) is 0 Å². The van der Waals surface area contributed by atoms with Crippen LogP contribution < -0.4 is 0 Å². The van der Waals surface area contributed by atoms with E-state index in [1.165, 1.54) is 0 Å². The Morgan fingerprint density at radius 2 is 0.820 bits per heavy atom. The van der Waals surface area contributed by atoms with Gasteiger partial charge in [0.2, 0.25) is 0 Å². The van der Waals surface area contributed by atoms with Crippen molar-refractivity contribution in [1.82, 2.24) is 15.0 Å². The fraction of sp³-hybridized carbons (Fsp3) is 0. The summed E-state index contributed by atoms with van der Waals surface area (Å²) in [7, 11) is 0. The fourth-order valence-electron chi connectivity index (χ4n) is 8.52. The predicted molar refractivity (Wildman–Crippen MR) is 252 cm³/mol. The first-order valence-corrected chi connectivity index (χ1v) is 20.3. The Morgan fingerprint density at radius 3 is 1.66 bits per heavy atom. The molecule has 0 saturated heterocycles. The first-order valence-electron chi connectivity index (χ1n) is 22.3. The maximum absolute atomic E-state index is 9.34. The van der Waals surface area contributed by atoms with Gasteiger partial charge in [-0.1, -0.05) is 176 Å². The van der Waals surface area contributed by atoms with Crippen LogP contribution in [0.5, 0.6) is 0 Å². The van der Waals surface area contributed by atoms with Gasteiger partial charge in [0.25, 0.3) is 0 Å². The molecule has 0 aliphatic carbocycles. The van der Waals surface area contributed by atoms with Gasteiger partial charge in [-0.2, -0.15) is 0 Å².